The zero-order valence-corrected chi connectivity index (χ0v) is 13.9. The van der Waals surface area contributed by atoms with Crippen LogP contribution in [0.25, 0.3) is 0 Å². The highest BCUT2D eigenvalue weighted by Crippen LogP contribution is 2.26. The maximum atomic E-state index is 12.1. The molecule has 0 spiro atoms. The molecule has 0 aromatic heterocycles. The highest BCUT2D eigenvalue weighted by atomic mass is 79.9. The van der Waals surface area contributed by atoms with Crippen molar-refractivity contribution in [2.45, 2.75) is 26.3 Å². The molecule has 5 heteroatoms. The number of anilines is 1. The van der Waals surface area contributed by atoms with Crippen LogP contribution in [-0.4, -0.2) is 42.6 Å². The van der Waals surface area contributed by atoms with Gasteiger partial charge in [-0.1, -0.05) is 12.1 Å². The first-order valence-electron chi connectivity index (χ1n) is 6.93. The van der Waals surface area contributed by atoms with Gasteiger partial charge >= 0.3 is 6.03 Å². The smallest absolute Gasteiger partial charge is 0.317 e. The van der Waals surface area contributed by atoms with E-state index < -0.39 is 0 Å². The Hall–Kier alpha value is -1.23. The van der Waals surface area contributed by atoms with Gasteiger partial charge in [-0.15, -0.1) is 0 Å². The van der Waals surface area contributed by atoms with E-state index in [2.05, 4.69) is 32.2 Å². The minimum Gasteiger partial charge on any atom is -0.367 e. The number of piperazine rings is 1. The van der Waals surface area contributed by atoms with Gasteiger partial charge in [0.1, 0.15) is 0 Å². The number of carbonyl (C=O) groups is 1. The van der Waals surface area contributed by atoms with Crippen molar-refractivity contribution in [3.05, 3.63) is 28.7 Å². The van der Waals surface area contributed by atoms with Crippen molar-refractivity contribution in [3.63, 3.8) is 0 Å². The second kappa shape index (κ2) is 6.04. The lowest BCUT2D eigenvalue weighted by Gasteiger charge is -2.37. The minimum atomic E-state index is -0.184. The van der Waals surface area contributed by atoms with Gasteiger partial charge in [-0.05, 0) is 48.8 Å². The number of hydrogen-bond donors (Lipinski definition) is 1. The predicted octanol–water partition coefficient (Wildman–Crippen LogP) is 3.08. The van der Waals surface area contributed by atoms with Gasteiger partial charge in [0.25, 0.3) is 0 Å². The number of para-hydroxylation sites is 1. The SMILES string of the molecule is CC(C)(C)NC(=O)N1CCN(c2ccccc2Br)CC1. The zero-order valence-electron chi connectivity index (χ0n) is 12.3. The molecule has 0 aliphatic carbocycles. The number of carbonyl (C=O) groups excluding carboxylic acids is 1. The molecular formula is C15H22BrN3O. The van der Waals surface area contributed by atoms with Crippen LogP contribution in [0.2, 0.25) is 0 Å². The average molecular weight is 340 g/mol. The molecule has 2 rings (SSSR count). The number of benzene rings is 1. The van der Waals surface area contributed by atoms with Crippen molar-refractivity contribution in [1.82, 2.24) is 10.2 Å². The number of nitrogens with one attached hydrogen (secondary N) is 1. The second-order valence-corrected chi connectivity index (χ2v) is 6.96. The molecular weight excluding hydrogens is 318 g/mol. The lowest BCUT2D eigenvalue weighted by Crippen LogP contribution is -2.55. The Morgan fingerprint density at radius 2 is 1.75 bits per heavy atom. The van der Waals surface area contributed by atoms with E-state index in [0.29, 0.717) is 0 Å². The molecule has 0 atom stereocenters. The normalized spacial score (nSPS) is 16.2. The van der Waals surface area contributed by atoms with Gasteiger partial charge in [0, 0.05) is 36.2 Å². The first-order chi connectivity index (χ1) is 9.37. The summed E-state index contributed by atoms with van der Waals surface area (Å²) >= 11 is 3.58. The highest BCUT2D eigenvalue weighted by Gasteiger charge is 2.24. The second-order valence-electron chi connectivity index (χ2n) is 6.11. The summed E-state index contributed by atoms with van der Waals surface area (Å²) in [6.45, 7) is 9.24. The fourth-order valence-corrected chi connectivity index (χ4v) is 2.79. The number of halogens is 1. The molecule has 4 nitrogen and oxygen atoms in total. The highest BCUT2D eigenvalue weighted by molar-refractivity contribution is 9.10. The minimum absolute atomic E-state index is 0.0317. The summed E-state index contributed by atoms with van der Waals surface area (Å²) in [6.07, 6.45) is 0. The molecule has 1 saturated heterocycles. The Morgan fingerprint density at radius 3 is 2.30 bits per heavy atom. The topological polar surface area (TPSA) is 35.6 Å². The third-order valence-electron chi connectivity index (χ3n) is 3.24. The summed E-state index contributed by atoms with van der Waals surface area (Å²) in [5.41, 5.74) is 1.01. The van der Waals surface area contributed by atoms with Crippen LogP contribution in [0.3, 0.4) is 0 Å². The molecule has 1 aromatic carbocycles. The van der Waals surface area contributed by atoms with Gasteiger partial charge in [0.15, 0.2) is 0 Å². The number of urea groups is 1. The number of hydrogen-bond acceptors (Lipinski definition) is 2. The van der Waals surface area contributed by atoms with Crippen molar-refractivity contribution in [2.75, 3.05) is 31.1 Å². The summed E-state index contributed by atoms with van der Waals surface area (Å²) < 4.78 is 1.10. The van der Waals surface area contributed by atoms with Crippen molar-refractivity contribution in [1.29, 1.82) is 0 Å². The molecule has 0 radical (unpaired) electrons. The van der Waals surface area contributed by atoms with Crippen LogP contribution < -0.4 is 10.2 Å². The number of rotatable bonds is 1. The van der Waals surface area contributed by atoms with E-state index >= 15 is 0 Å². The summed E-state index contributed by atoms with van der Waals surface area (Å²) in [5.74, 6) is 0. The summed E-state index contributed by atoms with van der Waals surface area (Å²) in [5, 5.41) is 3.01. The lowest BCUT2D eigenvalue weighted by atomic mass is 10.1. The van der Waals surface area contributed by atoms with Gasteiger partial charge in [-0.3, -0.25) is 0 Å². The Kier molecular flexibility index (Phi) is 4.58. The number of amides is 2. The quantitative estimate of drug-likeness (QED) is 0.853. The molecule has 1 N–H and O–H groups in total. The van der Waals surface area contributed by atoms with Crippen LogP contribution in [-0.2, 0) is 0 Å². The van der Waals surface area contributed by atoms with E-state index in [1.54, 1.807) is 0 Å². The van der Waals surface area contributed by atoms with Crippen LogP contribution in [0.15, 0.2) is 28.7 Å². The van der Waals surface area contributed by atoms with Gasteiger partial charge < -0.3 is 15.1 Å². The van der Waals surface area contributed by atoms with Crippen LogP contribution in [0, 0.1) is 0 Å². The molecule has 20 heavy (non-hydrogen) atoms. The average Bonchev–Trinajstić information content (AvgIpc) is 2.37. The maximum Gasteiger partial charge on any atom is 0.317 e. The largest absolute Gasteiger partial charge is 0.367 e. The van der Waals surface area contributed by atoms with E-state index in [1.165, 1.54) is 5.69 Å². The van der Waals surface area contributed by atoms with Crippen LogP contribution in [0.5, 0.6) is 0 Å². The predicted molar refractivity (Wildman–Crippen MR) is 86.2 cm³/mol. The Morgan fingerprint density at radius 1 is 1.15 bits per heavy atom. The monoisotopic (exact) mass is 339 g/mol. The maximum absolute atomic E-state index is 12.1. The fourth-order valence-electron chi connectivity index (χ4n) is 2.26. The summed E-state index contributed by atoms with van der Waals surface area (Å²) in [7, 11) is 0. The van der Waals surface area contributed by atoms with Crippen molar-refractivity contribution in [3.8, 4) is 0 Å². The molecule has 1 fully saturated rings. The van der Waals surface area contributed by atoms with Gasteiger partial charge in [0.2, 0.25) is 0 Å². The molecule has 0 unspecified atom stereocenters. The lowest BCUT2D eigenvalue weighted by molar-refractivity contribution is 0.185. The van der Waals surface area contributed by atoms with E-state index in [1.807, 2.05) is 43.9 Å². The Balaban J connectivity index is 1.93. The molecule has 110 valence electrons. The van der Waals surface area contributed by atoms with Crippen molar-refractivity contribution < 1.29 is 4.79 Å². The summed E-state index contributed by atoms with van der Waals surface area (Å²) in [6, 6.07) is 8.24. The molecule has 1 aliphatic rings. The van der Waals surface area contributed by atoms with Crippen molar-refractivity contribution in [2.24, 2.45) is 0 Å². The summed E-state index contributed by atoms with van der Waals surface area (Å²) in [4.78, 5) is 16.3. The first-order valence-corrected chi connectivity index (χ1v) is 7.73. The third-order valence-corrected chi connectivity index (χ3v) is 3.91. The van der Waals surface area contributed by atoms with E-state index in [0.717, 1.165) is 30.7 Å². The van der Waals surface area contributed by atoms with E-state index in [4.69, 9.17) is 0 Å². The Bertz CT molecular complexity index is 476. The van der Waals surface area contributed by atoms with Gasteiger partial charge in [-0.2, -0.15) is 0 Å². The zero-order chi connectivity index (χ0) is 14.8. The molecule has 1 aliphatic heterocycles. The van der Waals surface area contributed by atoms with Crippen LogP contribution in [0.4, 0.5) is 10.5 Å². The van der Waals surface area contributed by atoms with E-state index in [-0.39, 0.29) is 11.6 Å². The number of nitrogens with zero attached hydrogens (tertiary/aromatic N) is 2. The molecule has 1 heterocycles. The van der Waals surface area contributed by atoms with Gasteiger partial charge in [-0.25, -0.2) is 4.79 Å². The van der Waals surface area contributed by atoms with Crippen molar-refractivity contribution >= 4 is 27.6 Å². The third kappa shape index (κ3) is 3.88. The van der Waals surface area contributed by atoms with Crippen LogP contribution >= 0.6 is 15.9 Å². The Labute approximate surface area is 129 Å². The van der Waals surface area contributed by atoms with Crippen LogP contribution in [0.1, 0.15) is 20.8 Å². The van der Waals surface area contributed by atoms with Gasteiger partial charge in [0.05, 0.1) is 5.69 Å². The standard InChI is InChI=1S/C15H22BrN3O/c1-15(2,3)17-14(20)19-10-8-18(9-11-19)13-7-5-4-6-12(13)16/h4-7H,8-11H2,1-3H3,(H,17,20). The first kappa shape index (κ1) is 15.2. The molecule has 0 bridgehead atoms. The fraction of sp³-hybridized carbons (Fsp3) is 0.533. The molecule has 0 saturated carbocycles. The van der Waals surface area contributed by atoms with E-state index in [9.17, 15) is 4.79 Å². The molecule has 2 amide bonds. The molecule has 1 aromatic rings.